The van der Waals surface area contributed by atoms with Crippen LogP contribution < -0.4 is 5.73 Å². The number of hydrogen-bond donors (Lipinski definition) is 2. The van der Waals surface area contributed by atoms with Gasteiger partial charge in [0.25, 0.3) is 0 Å². The number of fused-ring (bicyclic) bond motifs is 7. The number of allylic oxidation sites excluding steroid dienone is 2. The lowest BCUT2D eigenvalue weighted by Gasteiger charge is -2.72. The van der Waals surface area contributed by atoms with Crippen molar-refractivity contribution >= 4 is 17.7 Å². The molecule has 3 N–H and O–H groups in total. The van der Waals surface area contributed by atoms with Crippen LogP contribution >= 0.6 is 0 Å². The molecule has 4 fully saturated rings. The Morgan fingerprint density at radius 3 is 2.32 bits per heavy atom. The third-order valence-corrected chi connectivity index (χ3v) is 16.3. The number of ketones is 1. The molecule has 0 bridgehead atoms. The molecule has 2 aromatic rings. The number of carboxylic acids is 1. The largest absolute Gasteiger partial charge is 0.481 e. The summed E-state index contributed by atoms with van der Waals surface area (Å²) in [6.45, 7) is 20.4. The first-order valence-corrected chi connectivity index (χ1v) is 20.8. The van der Waals surface area contributed by atoms with E-state index in [9.17, 15) is 24.8 Å². The molecule has 8 atom stereocenters. The van der Waals surface area contributed by atoms with E-state index in [2.05, 4.69) is 69.6 Å². The molecule has 4 saturated carbocycles. The molecule has 5 aliphatic carbocycles. The number of esters is 1. The third kappa shape index (κ3) is 5.72. The molecular formula is C44H61N7O5. The summed E-state index contributed by atoms with van der Waals surface area (Å²) in [6.07, 6.45) is 10.5. The highest BCUT2D eigenvalue weighted by Gasteiger charge is 2.71. The molecule has 12 nitrogen and oxygen atoms in total. The van der Waals surface area contributed by atoms with Crippen molar-refractivity contribution in [2.24, 2.45) is 56.5 Å². The molecule has 0 amide bonds. The van der Waals surface area contributed by atoms with Crippen LogP contribution in [0.3, 0.4) is 0 Å². The second-order valence-corrected chi connectivity index (χ2v) is 20.2. The summed E-state index contributed by atoms with van der Waals surface area (Å²) in [7, 11) is 0. The van der Waals surface area contributed by atoms with Gasteiger partial charge >= 0.3 is 11.9 Å². The molecule has 1 unspecified atom stereocenters. The molecular weight excluding hydrogens is 707 g/mol. The Hall–Kier alpha value is -3.98. The maximum absolute atomic E-state index is 14.4. The van der Waals surface area contributed by atoms with Gasteiger partial charge in [0.05, 0.1) is 22.8 Å². The van der Waals surface area contributed by atoms with Crippen molar-refractivity contribution in [3.63, 3.8) is 0 Å². The fraction of sp³-hybridized carbons (Fsp3) is 0.727. The number of ether oxygens (including phenoxy) is 1. The Morgan fingerprint density at radius 2 is 1.70 bits per heavy atom. The highest BCUT2D eigenvalue weighted by Crippen LogP contribution is 2.76. The predicted molar refractivity (Wildman–Crippen MR) is 209 cm³/mol. The van der Waals surface area contributed by atoms with Gasteiger partial charge in [-0.2, -0.15) is 5.26 Å². The normalized spacial score (nSPS) is 34.9. The van der Waals surface area contributed by atoms with Crippen molar-refractivity contribution in [1.29, 1.82) is 5.26 Å². The van der Waals surface area contributed by atoms with Gasteiger partial charge in [-0.1, -0.05) is 48.5 Å². The van der Waals surface area contributed by atoms with Gasteiger partial charge in [-0.3, -0.25) is 14.4 Å². The number of hydrogen-bond acceptors (Lipinski definition) is 10. The summed E-state index contributed by atoms with van der Waals surface area (Å²) >= 11 is 0. The standard InChI is InChI=1S/C44H61N7O5/c1-25(2)33-28(52)20-44(37-50-49-36(51(37)19-18-45)35-47-23-26(22-46)24-48-35)17-16-42(8)27(34(33)44)10-11-30-41(7)14-13-31(56-32(53)21-39(3,4)38(54)55)40(5,6)29(41)12-15-43(30,42)9/h23-25,27,29-31H,10-21,45H2,1-9H3,(H,54,55)/t27-,29?,30-,31+,41+,42-,43-,44-/m1/s1. The molecule has 7 rings (SSSR count). The lowest BCUT2D eigenvalue weighted by molar-refractivity contribution is -0.232. The third-order valence-electron chi connectivity index (χ3n) is 16.3. The highest BCUT2D eigenvalue weighted by atomic mass is 16.5. The summed E-state index contributed by atoms with van der Waals surface area (Å²) in [6, 6.07) is 2.08. The molecule has 0 aliphatic heterocycles. The van der Waals surface area contributed by atoms with Crippen LogP contribution in [0.15, 0.2) is 23.5 Å². The van der Waals surface area contributed by atoms with Crippen LogP contribution in [0.5, 0.6) is 0 Å². The molecule has 5 aliphatic rings. The molecule has 302 valence electrons. The number of carboxylic acid groups (broad SMARTS) is 1. The Morgan fingerprint density at radius 1 is 1.00 bits per heavy atom. The summed E-state index contributed by atoms with van der Waals surface area (Å²) < 4.78 is 8.22. The van der Waals surface area contributed by atoms with Crippen molar-refractivity contribution in [2.75, 3.05) is 6.54 Å². The Kier molecular flexibility index (Phi) is 9.74. The van der Waals surface area contributed by atoms with E-state index in [0.29, 0.717) is 48.6 Å². The van der Waals surface area contributed by atoms with E-state index in [-0.39, 0.29) is 51.8 Å². The zero-order valence-corrected chi connectivity index (χ0v) is 34.9. The van der Waals surface area contributed by atoms with Crippen molar-refractivity contribution in [1.82, 2.24) is 24.7 Å². The SMILES string of the molecule is CC(C)C1=C2[C@H]3CC[C@@H]4[C@@]5(C)CC[C@H](OC(=O)CC(C)(C)C(=O)O)C(C)(C)C5CC[C@@]4(C)[C@]3(C)CC[C@@]2(c2nnc(-c3ncc(C#N)cn3)n2CCN)CC1=O. The first-order valence-electron chi connectivity index (χ1n) is 20.8. The summed E-state index contributed by atoms with van der Waals surface area (Å²) in [5.74, 6) is 1.47. The van der Waals surface area contributed by atoms with Gasteiger partial charge in [-0.25, -0.2) is 9.97 Å². The summed E-state index contributed by atoms with van der Waals surface area (Å²) in [4.78, 5) is 48.2. The van der Waals surface area contributed by atoms with Crippen molar-refractivity contribution in [3.8, 4) is 17.7 Å². The Balaban J connectivity index is 1.24. The smallest absolute Gasteiger partial charge is 0.309 e. The van der Waals surface area contributed by atoms with E-state index in [1.54, 1.807) is 13.8 Å². The highest BCUT2D eigenvalue weighted by molar-refractivity contribution is 6.01. The second-order valence-electron chi connectivity index (χ2n) is 20.2. The summed E-state index contributed by atoms with van der Waals surface area (Å²) in [5, 5.41) is 28.5. The number of Topliss-reactive ketones (excluding diaryl/α,β-unsaturated/α-hetero) is 1. The van der Waals surface area contributed by atoms with E-state index < -0.39 is 22.8 Å². The van der Waals surface area contributed by atoms with Crippen molar-refractivity contribution < 1.29 is 24.2 Å². The number of aliphatic carboxylic acids is 1. The number of nitrogens with zero attached hydrogens (tertiary/aromatic N) is 6. The van der Waals surface area contributed by atoms with Crippen LogP contribution in [0.2, 0.25) is 0 Å². The number of carbonyl (C=O) groups excluding carboxylic acids is 2. The van der Waals surface area contributed by atoms with Crippen molar-refractivity contribution in [2.45, 2.75) is 145 Å². The Bertz CT molecular complexity index is 2010. The quantitative estimate of drug-likeness (QED) is 0.246. The maximum Gasteiger partial charge on any atom is 0.309 e. The first-order chi connectivity index (χ1) is 26.2. The van der Waals surface area contributed by atoms with Crippen LogP contribution in [-0.4, -0.2) is 60.2 Å². The van der Waals surface area contributed by atoms with Gasteiger partial charge < -0.3 is 20.1 Å². The lowest BCUT2D eigenvalue weighted by Crippen LogP contribution is -2.66. The summed E-state index contributed by atoms with van der Waals surface area (Å²) in [5.41, 5.74) is 6.75. The number of carbonyl (C=O) groups is 3. The first kappa shape index (κ1) is 40.2. The second kappa shape index (κ2) is 13.6. The van der Waals surface area contributed by atoms with Gasteiger partial charge in [0, 0.05) is 37.3 Å². The van der Waals surface area contributed by atoms with E-state index in [0.717, 1.165) is 62.8 Å². The monoisotopic (exact) mass is 767 g/mol. The van der Waals surface area contributed by atoms with Crippen LogP contribution in [0.25, 0.3) is 11.6 Å². The topological polar surface area (TPSA) is 187 Å². The number of rotatable bonds is 9. The minimum absolute atomic E-state index is 0.00553. The number of aromatic nitrogens is 5. The molecule has 0 aromatic carbocycles. The van der Waals surface area contributed by atoms with Gasteiger partial charge in [0.15, 0.2) is 11.6 Å². The predicted octanol–water partition coefficient (Wildman–Crippen LogP) is 7.21. The molecule has 2 aromatic heterocycles. The molecule has 2 heterocycles. The fourth-order valence-electron chi connectivity index (χ4n) is 13.4. The molecule has 0 saturated heterocycles. The zero-order valence-electron chi connectivity index (χ0n) is 34.9. The van der Waals surface area contributed by atoms with E-state index in [1.807, 2.05) is 4.57 Å². The van der Waals surface area contributed by atoms with Crippen LogP contribution in [0.1, 0.15) is 138 Å². The lowest BCUT2D eigenvalue weighted by atomic mass is 9.33. The molecule has 0 radical (unpaired) electrons. The van der Waals surface area contributed by atoms with Crippen LogP contribution in [0, 0.1) is 62.1 Å². The average molecular weight is 768 g/mol. The van der Waals surface area contributed by atoms with E-state index in [4.69, 9.17) is 15.6 Å². The van der Waals surface area contributed by atoms with E-state index >= 15 is 0 Å². The van der Waals surface area contributed by atoms with Gasteiger partial charge in [-0.15, -0.1) is 10.2 Å². The maximum atomic E-state index is 14.4. The van der Waals surface area contributed by atoms with Gasteiger partial charge in [0.2, 0.25) is 5.82 Å². The molecule has 12 heteroatoms. The zero-order chi connectivity index (χ0) is 40.8. The fourth-order valence-corrected chi connectivity index (χ4v) is 13.4. The minimum Gasteiger partial charge on any atom is -0.481 e. The van der Waals surface area contributed by atoms with Crippen LogP contribution in [-0.2, 0) is 31.1 Å². The van der Waals surface area contributed by atoms with E-state index in [1.165, 1.54) is 18.0 Å². The van der Waals surface area contributed by atoms with Crippen molar-refractivity contribution in [3.05, 3.63) is 34.9 Å². The number of nitrogens with two attached hydrogens (primary N) is 1. The van der Waals surface area contributed by atoms with Gasteiger partial charge in [0.1, 0.15) is 18.0 Å². The Labute approximate surface area is 331 Å². The van der Waals surface area contributed by atoms with Gasteiger partial charge in [-0.05, 0) is 116 Å². The molecule has 56 heavy (non-hydrogen) atoms. The number of nitriles is 1. The molecule has 0 spiro atoms. The average Bonchev–Trinajstić information content (AvgIpc) is 3.68. The van der Waals surface area contributed by atoms with Crippen LogP contribution in [0.4, 0.5) is 0 Å². The minimum atomic E-state index is -1.18.